The number of rotatable bonds is 2. The van der Waals surface area contributed by atoms with Crippen LogP contribution in [0.15, 0.2) is 41.5 Å². The van der Waals surface area contributed by atoms with Gasteiger partial charge < -0.3 is 0 Å². The van der Waals surface area contributed by atoms with Crippen LogP contribution in [0.1, 0.15) is 18.1 Å². The Labute approximate surface area is 73.5 Å². The lowest BCUT2D eigenvalue weighted by Gasteiger charge is -1.95. The van der Waals surface area contributed by atoms with Crippen LogP contribution in [0.3, 0.4) is 0 Å². The molecule has 1 aromatic carbocycles. The van der Waals surface area contributed by atoms with Gasteiger partial charge in [0.2, 0.25) is 0 Å². The monoisotopic (exact) mass is 159 g/mol. The van der Waals surface area contributed by atoms with Gasteiger partial charge >= 0.3 is 0 Å². The summed E-state index contributed by atoms with van der Waals surface area (Å²) in [5.74, 6) is 0. The number of aryl methyl sites for hydroxylation is 1. The number of allylic oxidation sites excluding steroid dienone is 1. The highest BCUT2D eigenvalue weighted by molar-refractivity contribution is 5.81. The van der Waals surface area contributed by atoms with E-state index in [-0.39, 0.29) is 0 Å². The topological polar surface area (TPSA) is 12.4 Å². The summed E-state index contributed by atoms with van der Waals surface area (Å²) in [5, 5.41) is 0. The summed E-state index contributed by atoms with van der Waals surface area (Å²) in [6, 6.07) is 8.19. The molecule has 1 nitrogen and oxygen atoms in total. The van der Waals surface area contributed by atoms with Crippen LogP contribution in [-0.2, 0) is 0 Å². The molecule has 0 N–H and O–H groups in total. The summed E-state index contributed by atoms with van der Waals surface area (Å²) >= 11 is 0. The molecule has 0 unspecified atom stereocenters. The molecule has 62 valence electrons. The van der Waals surface area contributed by atoms with Gasteiger partial charge in [-0.25, -0.2) is 0 Å². The van der Waals surface area contributed by atoms with Crippen molar-refractivity contribution < 1.29 is 0 Å². The van der Waals surface area contributed by atoms with Crippen LogP contribution in [-0.4, -0.2) is 6.21 Å². The molecule has 12 heavy (non-hydrogen) atoms. The Morgan fingerprint density at radius 3 is 2.67 bits per heavy atom. The van der Waals surface area contributed by atoms with Crippen molar-refractivity contribution in [3.05, 3.63) is 47.7 Å². The molecule has 0 radical (unpaired) electrons. The molecule has 0 fully saturated rings. The molecule has 0 atom stereocenters. The zero-order chi connectivity index (χ0) is 8.81. The van der Waals surface area contributed by atoms with E-state index >= 15 is 0 Å². The Morgan fingerprint density at radius 2 is 2.00 bits per heavy atom. The van der Waals surface area contributed by atoms with Crippen molar-refractivity contribution >= 4 is 6.21 Å². The second kappa shape index (κ2) is 4.50. The highest BCUT2D eigenvalue weighted by atomic mass is 14.7. The van der Waals surface area contributed by atoms with Crippen LogP contribution in [0, 0.1) is 6.92 Å². The van der Waals surface area contributed by atoms with Crippen molar-refractivity contribution in [1.82, 2.24) is 0 Å². The maximum Gasteiger partial charge on any atom is 0.0342 e. The van der Waals surface area contributed by atoms with Crippen LogP contribution >= 0.6 is 0 Å². The third-order valence-corrected chi connectivity index (χ3v) is 1.64. The molecule has 0 aliphatic rings. The lowest BCUT2D eigenvalue weighted by Crippen LogP contribution is -1.84. The number of aliphatic imine (C=N–C) groups is 1. The average Bonchev–Trinajstić information content (AvgIpc) is 2.09. The molecule has 0 heterocycles. The van der Waals surface area contributed by atoms with Crippen molar-refractivity contribution in [2.24, 2.45) is 4.99 Å². The SMILES string of the molecule is CC=CN=Cc1ccccc1C. The molecule has 0 aliphatic heterocycles. The lowest BCUT2D eigenvalue weighted by molar-refractivity contribution is 1.44. The van der Waals surface area contributed by atoms with Gasteiger partial charge in [0.05, 0.1) is 0 Å². The standard InChI is InChI=1S/C11H13N/c1-3-8-12-9-11-7-5-4-6-10(11)2/h3-9H,1-2H3. The number of hydrogen-bond donors (Lipinski definition) is 0. The fraction of sp³-hybridized carbons (Fsp3) is 0.182. The minimum absolute atomic E-state index is 1.18. The first kappa shape index (κ1) is 8.72. The molecule has 0 saturated heterocycles. The fourth-order valence-corrected chi connectivity index (χ4v) is 0.941. The van der Waals surface area contributed by atoms with E-state index in [0.717, 1.165) is 0 Å². The van der Waals surface area contributed by atoms with Crippen molar-refractivity contribution in [2.45, 2.75) is 13.8 Å². The number of nitrogens with zero attached hydrogens (tertiary/aromatic N) is 1. The summed E-state index contributed by atoms with van der Waals surface area (Å²) in [6.45, 7) is 4.03. The lowest BCUT2D eigenvalue weighted by atomic mass is 10.1. The van der Waals surface area contributed by atoms with E-state index in [2.05, 4.69) is 24.0 Å². The molecule has 0 spiro atoms. The van der Waals surface area contributed by atoms with E-state index in [1.165, 1.54) is 11.1 Å². The Bertz CT molecular complexity index is 298. The van der Waals surface area contributed by atoms with Crippen LogP contribution in [0.5, 0.6) is 0 Å². The normalized spacial score (nSPS) is 11.5. The van der Waals surface area contributed by atoms with Crippen molar-refractivity contribution in [3.63, 3.8) is 0 Å². The van der Waals surface area contributed by atoms with Crippen molar-refractivity contribution in [1.29, 1.82) is 0 Å². The molecule has 1 rings (SSSR count). The smallest absolute Gasteiger partial charge is 0.0342 e. The average molecular weight is 159 g/mol. The third kappa shape index (κ3) is 2.35. The summed E-state index contributed by atoms with van der Waals surface area (Å²) < 4.78 is 0. The van der Waals surface area contributed by atoms with Gasteiger partial charge in [0.1, 0.15) is 0 Å². The van der Waals surface area contributed by atoms with Crippen LogP contribution in [0.25, 0.3) is 0 Å². The first-order valence-electron chi connectivity index (χ1n) is 4.04. The third-order valence-electron chi connectivity index (χ3n) is 1.64. The Hall–Kier alpha value is -1.37. The minimum atomic E-state index is 1.18. The van der Waals surface area contributed by atoms with Gasteiger partial charge in [-0.1, -0.05) is 30.3 Å². The Morgan fingerprint density at radius 1 is 1.25 bits per heavy atom. The van der Waals surface area contributed by atoms with E-state index < -0.39 is 0 Å². The predicted octanol–water partition coefficient (Wildman–Crippen LogP) is 2.95. The van der Waals surface area contributed by atoms with Gasteiger partial charge in [0.25, 0.3) is 0 Å². The van der Waals surface area contributed by atoms with E-state index in [9.17, 15) is 0 Å². The molecule has 0 aliphatic carbocycles. The molecule has 0 saturated carbocycles. The fourth-order valence-electron chi connectivity index (χ4n) is 0.941. The number of hydrogen-bond acceptors (Lipinski definition) is 1. The van der Waals surface area contributed by atoms with E-state index in [1.807, 2.05) is 31.3 Å². The van der Waals surface area contributed by atoms with Crippen molar-refractivity contribution in [2.75, 3.05) is 0 Å². The van der Waals surface area contributed by atoms with Gasteiger partial charge in [0.15, 0.2) is 0 Å². The van der Waals surface area contributed by atoms with Crippen molar-refractivity contribution in [3.8, 4) is 0 Å². The second-order valence-electron chi connectivity index (χ2n) is 2.62. The summed E-state index contributed by atoms with van der Waals surface area (Å²) in [4.78, 5) is 4.12. The van der Waals surface area contributed by atoms with Crippen LogP contribution < -0.4 is 0 Å². The maximum atomic E-state index is 4.12. The predicted molar refractivity (Wildman–Crippen MR) is 53.6 cm³/mol. The first-order chi connectivity index (χ1) is 5.84. The van der Waals surface area contributed by atoms with Gasteiger partial charge in [-0.15, -0.1) is 0 Å². The maximum absolute atomic E-state index is 4.12. The highest BCUT2D eigenvalue weighted by Crippen LogP contribution is 2.03. The molecule has 1 heteroatoms. The summed E-state index contributed by atoms with van der Waals surface area (Å²) in [7, 11) is 0. The molecule has 0 aromatic heterocycles. The van der Waals surface area contributed by atoms with Gasteiger partial charge in [-0.3, -0.25) is 4.99 Å². The zero-order valence-corrected chi connectivity index (χ0v) is 7.49. The number of benzene rings is 1. The Balaban J connectivity index is 2.82. The van der Waals surface area contributed by atoms with Crippen LogP contribution in [0.4, 0.5) is 0 Å². The quantitative estimate of drug-likeness (QED) is 0.588. The zero-order valence-electron chi connectivity index (χ0n) is 7.49. The van der Waals surface area contributed by atoms with E-state index in [4.69, 9.17) is 0 Å². The van der Waals surface area contributed by atoms with Gasteiger partial charge in [0, 0.05) is 12.4 Å². The molecular formula is C11H13N. The summed E-state index contributed by atoms with van der Waals surface area (Å²) in [5.41, 5.74) is 2.43. The van der Waals surface area contributed by atoms with Gasteiger partial charge in [-0.2, -0.15) is 0 Å². The molecular weight excluding hydrogens is 146 g/mol. The first-order valence-corrected chi connectivity index (χ1v) is 4.04. The highest BCUT2D eigenvalue weighted by Gasteiger charge is 1.89. The molecule has 0 amide bonds. The van der Waals surface area contributed by atoms with Crippen LogP contribution in [0.2, 0.25) is 0 Å². The second-order valence-corrected chi connectivity index (χ2v) is 2.62. The summed E-state index contributed by atoms with van der Waals surface area (Å²) in [6.07, 6.45) is 5.57. The Kier molecular flexibility index (Phi) is 3.27. The molecule has 1 aromatic rings. The largest absolute Gasteiger partial charge is 0.264 e. The minimum Gasteiger partial charge on any atom is -0.264 e. The van der Waals surface area contributed by atoms with Gasteiger partial charge in [-0.05, 0) is 25.0 Å². The van der Waals surface area contributed by atoms with E-state index in [0.29, 0.717) is 0 Å². The van der Waals surface area contributed by atoms with E-state index in [1.54, 1.807) is 6.20 Å². The molecule has 0 bridgehead atoms.